The van der Waals surface area contributed by atoms with Gasteiger partial charge in [-0.3, -0.25) is 4.57 Å². The molecule has 1 unspecified atom stereocenters. The minimum atomic E-state index is -2.03. The SMILES string of the molecule is CC[C@H]1O[C@@H](n2cc(C)c(N)nc2=O)[C@@H](OC)C1O[Si](C)(C)C(C)(C)C. The first-order valence-corrected chi connectivity index (χ1v) is 12.0. The Balaban J connectivity index is 2.41. The van der Waals surface area contributed by atoms with Gasteiger partial charge in [0, 0.05) is 18.9 Å². The van der Waals surface area contributed by atoms with Crippen molar-refractivity contribution in [3.05, 3.63) is 22.2 Å². The number of methoxy groups -OCH3 is 1. The van der Waals surface area contributed by atoms with Crippen molar-refractivity contribution in [3.63, 3.8) is 0 Å². The van der Waals surface area contributed by atoms with Crippen LogP contribution in [0.25, 0.3) is 0 Å². The lowest BCUT2D eigenvalue weighted by atomic mass is 10.1. The van der Waals surface area contributed by atoms with Gasteiger partial charge in [-0.05, 0) is 31.5 Å². The van der Waals surface area contributed by atoms with E-state index in [1.165, 1.54) is 4.57 Å². The van der Waals surface area contributed by atoms with Gasteiger partial charge in [-0.25, -0.2) is 4.79 Å². The average molecular weight is 384 g/mol. The number of aromatic nitrogens is 2. The largest absolute Gasteiger partial charge is 0.408 e. The molecule has 7 nitrogen and oxygen atoms in total. The molecular weight excluding hydrogens is 350 g/mol. The van der Waals surface area contributed by atoms with Crippen LogP contribution in [0.3, 0.4) is 0 Å². The second-order valence-corrected chi connectivity index (χ2v) is 13.3. The van der Waals surface area contributed by atoms with Gasteiger partial charge in [-0.1, -0.05) is 27.7 Å². The third kappa shape index (κ3) is 3.88. The van der Waals surface area contributed by atoms with Gasteiger partial charge in [0.05, 0.1) is 6.10 Å². The minimum Gasteiger partial charge on any atom is -0.408 e. The summed E-state index contributed by atoms with van der Waals surface area (Å²) < 4.78 is 20.1. The molecule has 26 heavy (non-hydrogen) atoms. The van der Waals surface area contributed by atoms with Crippen molar-refractivity contribution in [2.75, 3.05) is 12.8 Å². The van der Waals surface area contributed by atoms with E-state index in [1.807, 2.05) is 6.92 Å². The molecule has 1 aromatic heterocycles. The molecule has 8 heteroatoms. The smallest absolute Gasteiger partial charge is 0.351 e. The summed E-state index contributed by atoms with van der Waals surface area (Å²) in [5, 5.41) is 0.0673. The fraction of sp³-hybridized carbons (Fsp3) is 0.778. The molecule has 1 aromatic rings. The first-order valence-electron chi connectivity index (χ1n) is 9.14. The monoisotopic (exact) mass is 383 g/mol. The predicted molar refractivity (Wildman–Crippen MR) is 105 cm³/mol. The van der Waals surface area contributed by atoms with Crippen LogP contribution in [0.15, 0.2) is 11.0 Å². The maximum atomic E-state index is 12.4. The zero-order chi connectivity index (χ0) is 19.9. The second kappa shape index (κ2) is 7.42. The Morgan fingerprint density at radius 3 is 2.46 bits per heavy atom. The van der Waals surface area contributed by atoms with Crippen molar-refractivity contribution in [1.29, 1.82) is 0 Å². The van der Waals surface area contributed by atoms with E-state index in [1.54, 1.807) is 13.3 Å². The summed E-state index contributed by atoms with van der Waals surface area (Å²) in [5.74, 6) is 0.235. The lowest BCUT2D eigenvalue weighted by molar-refractivity contribution is -0.0539. The number of anilines is 1. The lowest BCUT2D eigenvalue weighted by Crippen LogP contribution is -2.49. The zero-order valence-corrected chi connectivity index (χ0v) is 18.2. The van der Waals surface area contributed by atoms with E-state index in [4.69, 9.17) is 19.6 Å². The highest BCUT2D eigenvalue weighted by molar-refractivity contribution is 6.74. The van der Waals surface area contributed by atoms with Gasteiger partial charge in [-0.15, -0.1) is 0 Å². The maximum absolute atomic E-state index is 12.4. The molecule has 1 aliphatic heterocycles. The number of nitrogens with zero attached hydrogens (tertiary/aromatic N) is 2. The number of hydrogen-bond donors (Lipinski definition) is 1. The Morgan fingerprint density at radius 2 is 1.96 bits per heavy atom. The highest BCUT2D eigenvalue weighted by atomic mass is 28.4. The van der Waals surface area contributed by atoms with E-state index in [0.717, 1.165) is 12.0 Å². The molecular formula is C18H33N3O4Si. The molecule has 0 spiro atoms. The molecule has 1 aliphatic rings. The Labute approximate surface area is 157 Å². The number of nitrogen functional groups attached to an aromatic ring is 1. The van der Waals surface area contributed by atoms with E-state index < -0.39 is 26.3 Å². The van der Waals surface area contributed by atoms with Crippen LogP contribution >= 0.6 is 0 Å². The Morgan fingerprint density at radius 1 is 1.35 bits per heavy atom. The van der Waals surface area contributed by atoms with Crippen LogP contribution in [-0.4, -0.2) is 43.3 Å². The Kier molecular flexibility index (Phi) is 6.02. The fourth-order valence-corrected chi connectivity index (χ4v) is 4.25. The number of rotatable bonds is 5. The Hall–Kier alpha value is -1.22. The molecule has 0 aromatic carbocycles. The van der Waals surface area contributed by atoms with Crippen LogP contribution < -0.4 is 11.4 Å². The van der Waals surface area contributed by atoms with Crippen LogP contribution in [0.1, 0.15) is 45.9 Å². The molecule has 0 amide bonds. The number of nitrogens with two attached hydrogens (primary N) is 1. The zero-order valence-electron chi connectivity index (χ0n) is 17.2. The Bertz CT molecular complexity index is 699. The molecule has 2 N–H and O–H groups in total. The van der Waals surface area contributed by atoms with E-state index >= 15 is 0 Å². The summed E-state index contributed by atoms with van der Waals surface area (Å²) >= 11 is 0. The molecule has 4 atom stereocenters. The number of ether oxygens (including phenoxy) is 2. The predicted octanol–water partition coefficient (Wildman–Crippen LogP) is 2.85. The second-order valence-electron chi connectivity index (χ2n) is 8.52. The third-order valence-electron chi connectivity index (χ3n) is 5.64. The summed E-state index contributed by atoms with van der Waals surface area (Å²) in [6, 6.07) is 0. The quantitative estimate of drug-likeness (QED) is 0.787. The molecule has 148 valence electrons. The molecule has 1 fully saturated rings. The van der Waals surface area contributed by atoms with Gasteiger partial charge >= 0.3 is 5.69 Å². The third-order valence-corrected chi connectivity index (χ3v) is 10.1. The summed E-state index contributed by atoms with van der Waals surface area (Å²) in [4.78, 5) is 16.3. The van der Waals surface area contributed by atoms with Gasteiger partial charge in [0.1, 0.15) is 18.0 Å². The topological polar surface area (TPSA) is 88.6 Å². The van der Waals surface area contributed by atoms with Crippen molar-refractivity contribution >= 4 is 14.1 Å². The molecule has 0 bridgehead atoms. The van der Waals surface area contributed by atoms with E-state index in [9.17, 15) is 4.79 Å². The normalized spacial score (nSPS) is 27.1. The van der Waals surface area contributed by atoms with Gasteiger partial charge < -0.3 is 19.6 Å². The maximum Gasteiger partial charge on any atom is 0.351 e. The van der Waals surface area contributed by atoms with Gasteiger partial charge in [0.2, 0.25) is 0 Å². The van der Waals surface area contributed by atoms with E-state index in [0.29, 0.717) is 0 Å². The van der Waals surface area contributed by atoms with Crippen molar-refractivity contribution in [3.8, 4) is 0 Å². The summed E-state index contributed by atoms with van der Waals surface area (Å²) in [6.45, 7) is 14.9. The summed E-state index contributed by atoms with van der Waals surface area (Å²) in [7, 11) is -0.404. The van der Waals surface area contributed by atoms with Crippen LogP contribution in [0, 0.1) is 6.92 Å². The van der Waals surface area contributed by atoms with Crippen molar-refractivity contribution in [1.82, 2.24) is 9.55 Å². The van der Waals surface area contributed by atoms with Gasteiger partial charge in [0.15, 0.2) is 14.5 Å². The highest BCUT2D eigenvalue weighted by Crippen LogP contribution is 2.42. The van der Waals surface area contributed by atoms with Crippen LogP contribution in [-0.2, 0) is 13.9 Å². The first-order chi connectivity index (χ1) is 11.9. The van der Waals surface area contributed by atoms with Gasteiger partial charge in [-0.2, -0.15) is 4.98 Å². The standard InChI is InChI=1S/C18H33N3O4Si/c1-9-12-13(25-26(7,8)18(3,4)5)14(23-6)16(24-12)21-10-11(2)15(19)20-17(21)22/h10,12-14,16H,9H2,1-8H3,(H2,19,20,22)/t12-,13?,14+,16-/m1/s1. The van der Waals surface area contributed by atoms with Crippen LogP contribution in [0.2, 0.25) is 18.1 Å². The highest BCUT2D eigenvalue weighted by Gasteiger charge is 2.50. The fourth-order valence-electron chi connectivity index (χ4n) is 2.93. The lowest BCUT2D eigenvalue weighted by Gasteiger charge is -2.40. The van der Waals surface area contributed by atoms with Crippen LogP contribution in [0.4, 0.5) is 5.82 Å². The summed E-state index contributed by atoms with van der Waals surface area (Å²) in [6.07, 6.45) is 1.09. The average Bonchev–Trinajstić information content (AvgIpc) is 2.86. The molecule has 2 rings (SSSR count). The number of hydrogen-bond acceptors (Lipinski definition) is 6. The number of aryl methyl sites for hydroxylation is 1. The molecule has 1 saturated heterocycles. The minimum absolute atomic E-state index is 0.0673. The van der Waals surface area contributed by atoms with E-state index in [-0.39, 0.29) is 23.1 Å². The van der Waals surface area contributed by atoms with E-state index in [2.05, 4.69) is 45.8 Å². The molecule has 0 radical (unpaired) electrons. The van der Waals surface area contributed by atoms with Crippen LogP contribution in [0.5, 0.6) is 0 Å². The van der Waals surface area contributed by atoms with Crippen molar-refractivity contribution in [2.45, 2.75) is 83.7 Å². The molecule has 0 aliphatic carbocycles. The molecule has 2 heterocycles. The summed E-state index contributed by atoms with van der Waals surface area (Å²) in [5.41, 5.74) is 6.04. The van der Waals surface area contributed by atoms with Crippen molar-refractivity contribution in [2.24, 2.45) is 0 Å². The van der Waals surface area contributed by atoms with Crippen molar-refractivity contribution < 1.29 is 13.9 Å². The van der Waals surface area contributed by atoms with Gasteiger partial charge in [0.25, 0.3) is 0 Å². The molecule has 0 saturated carbocycles. The first kappa shape index (κ1) is 21.1.